The molecular formula is C40H56N4O8. The lowest BCUT2D eigenvalue weighted by Crippen LogP contribution is -2.68. The van der Waals surface area contributed by atoms with Crippen molar-refractivity contribution >= 4 is 35.6 Å². The highest BCUT2D eigenvalue weighted by atomic mass is 16.6. The van der Waals surface area contributed by atoms with Gasteiger partial charge in [-0.1, -0.05) is 69.9 Å². The van der Waals surface area contributed by atoms with Crippen molar-refractivity contribution in [3.63, 3.8) is 0 Å². The van der Waals surface area contributed by atoms with Gasteiger partial charge in [0.15, 0.2) is 0 Å². The maximum atomic E-state index is 14.6. The van der Waals surface area contributed by atoms with Crippen LogP contribution in [0.5, 0.6) is 0 Å². The first-order valence-corrected chi connectivity index (χ1v) is 19.2. The molecule has 5 fully saturated rings. The van der Waals surface area contributed by atoms with Gasteiger partial charge in [0.2, 0.25) is 17.6 Å². The summed E-state index contributed by atoms with van der Waals surface area (Å²) in [5, 5.41) is 5.90. The highest BCUT2D eigenvalue weighted by Crippen LogP contribution is 2.65. The first-order chi connectivity index (χ1) is 24.5. The van der Waals surface area contributed by atoms with Crippen molar-refractivity contribution in [1.29, 1.82) is 0 Å². The number of likely N-dealkylation sites (tertiary alicyclic amines) is 2. The Bertz CT molecular complexity index is 1560. The van der Waals surface area contributed by atoms with Crippen LogP contribution < -0.4 is 10.6 Å². The fourth-order valence-corrected chi connectivity index (χ4v) is 8.99. The zero-order valence-corrected chi connectivity index (χ0v) is 31.6. The molecule has 12 heteroatoms. The number of carbonyl (C=O) groups is 6. The smallest absolute Gasteiger partial charge is 0.408 e. The highest BCUT2D eigenvalue weighted by molar-refractivity contribution is 6.40. The van der Waals surface area contributed by atoms with Crippen LogP contribution in [0.2, 0.25) is 0 Å². The van der Waals surface area contributed by atoms with Crippen molar-refractivity contribution in [2.24, 2.45) is 29.1 Å². The number of ketones is 1. The molecule has 4 amide bonds. The molecule has 284 valence electrons. The Morgan fingerprint density at radius 2 is 1.56 bits per heavy atom. The summed E-state index contributed by atoms with van der Waals surface area (Å²) in [5.41, 5.74) is -1.66. The molecule has 0 aromatic heterocycles. The minimum absolute atomic E-state index is 0.0615. The molecule has 3 aliphatic carbocycles. The lowest BCUT2D eigenvalue weighted by atomic mass is 9.69. The van der Waals surface area contributed by atoms with Gasteiger partial charge in [-0.05, 0) is 94.4 Å². The number of rotatable bonds is 11. The lowest BCUT2D eigenvalue weighted by molar-refractivity contribution is -0.167. The van der Waals surface area contributed by atoms with E-state index in [2.05, 4.69) is 24.5 Å². The summed E-state index contributed by atoms with van der Waals surface area (Å²) in [6, 6.07) is 6.64. The van der Waals surface area contributed by atoms with Crippen LogP contribution in [0.25, 0.3) is 0 Å². The molecule has 2 N–H and O–H groups in total. The van der Waals surface area contributed by atoms with E-state index in [4.69, 9.17) is 9.47 Å². The fourth-order valence-electron chi connectivity index (χ4n) is 8.99. The normalized spacial score (nSPS) is 27.1. The molecule has 12 nitrogen and oxygen atoms in total. The molecule has 3 saturated carbocycles. The first kappa shape index (κ1) is 37.8. The Hall–Kier alpha value is -3.96. The predicted molar refractivity (Wildman–Crippen MR) is 191 cm³/mol. The van der Waals surface area contributed by atoms with Gasteiger partial charge in [-0.3, -0.25) is 19.2 Å². The number of esters is 1. The minimum atomic E-state index is -1.52. The summed E-state index contributed by atoms with van der Waals surface area (Å²) >= 11 is 0. The van der Waals surface area contributed by atoms with E-state index in [1.54, 1.807) is 32.6 Å². The molecule has 2 aliphatic heterocycles. The van der Waals surface area contributed by atoms with Crippen LogP contribution in [-0.4, -0.2) is 87.7 Å². The number of nitrogens with zero attached hydrogens (tertiary/aromatic N) is 2. The molecule has 52 heavy (non-hydrogen) atoms. The summed E-state index contributed by atoms with van der Waals surface area (Å²) in [6.45, 7) is 11.8. The zero-order chi connectivity index (χ0) is 37.6. The van der Waals surface area contributed by atoms with Crippen molar-refractivity contribution in [1.82, 2.24) is 20.4 Å². The van der Waals surface area contributed by atoms with Crippen LogP contribution in [-0.2, 0) is 40.1 Å². The van der Waals surface area contributed by atoms with E-state index in [-0.39, 0.29) is 48.1 Å². The van der Waals surface area contributed by atoms with Crippen LogP contribution >= 0.6 is 0 Å². The van der Waals surface area contributed by atoms with E-state index in [0.717, 1.165) is 44.1 Å². The number of piperidine rings is 1. The predicted octanol–water partition coefficient (Wildman–Crippen LogP) is 4.53. The number of carbonyl (C=O) groups excluding carboxylic acids is 6. The van der Waals surface area contributed by atoms with E-state index in [0.29, 0.717) is 25.8 Å². The van der Waals surface area contributed by atoms with Crippen LogP contribution in [0.4, 0.5) is 4.79 Å². The van der Waals surface area contributed by atoms with Gasteiger partial charge < -0.3 is 29.9 Å². The van der Waals surface area contributed by atoms with Crippen LogP contribution in [0.3, 0.4) is 0 Å². The van der Waals surface area contributed by atoms with Gasteiger partial charge in [0.25, 0.3) is 5.91 Å². The molecule has 5 unspecified atom stereocenters. The molecule has 2 saturated heterocycles. The number of benzene rings is 1. The van der Waals surface area contributed by atoms with E-state index < -0.39 is 58.9 Å². The Morgan fingerprint density at radius 1 is 0.885 bits per heavy atom. The van der Waals surface area contributed by atoms with Crippen LogP contribution in [0.15, 0.2) is 30.3 Å². The fraction of sp³-hybridized carbons (Fsp3) is 0.700. The topological polar surface area (TPSA) is 151 Å². The van der Waals surface area contributed by atoms with Gasteiger partial charge in [-0.2, -0.15) is 0 Å². The quantitative estimate of drug-likeness (QED) is 0.250. The van der Waals surface area contributed by atoms with Gasteiger partial charge in [-0.25, -0.2) is 9.59 Å². The van der Waals surface area contributed by atoms with Crippen LogP contribution in [0.1, 0.15) is 105 Å². The standard InChI is InChI=1S/C40H56N4O8/c1-38(2,3)52-37(50)41-30(25-16-11-8-12-17-25)34(47)44-22-27-29(39(27,4)5)31(44)33(46)42-40(6,26-18-13-19-26)32(45)35(48)43-21-20-28(43)36(49)51-23-24-14-9-7-10-15-24/h7,9-10,14-15,25-31H,8,11-13,16-23H2,1-6H3,(H,41,50)(H,42,46)/t27?,28?,29?,30-,31?,40?/m1/s1. The van der Waals surface area contributed by atoms with Crippen LogP contribution in [0, 0.1) is 29.1 Å². The Labute approximate surface area is 307 Å². The second-order valence-electron chi connectivity index (χ2n) is 17.5. The average Bonchev–Trinajstić information content (AvgIpc) is 3.35. The molecule has 0 radical (unpaired) electrons. The minimum Gasteiger partial charge on any atom is -0.459 e. The molecule has 0 spiro atoms. The third-order valence-corrected chi connectivity index (χ3v) is 12.6. The third-order valence-electron chi connectivity index (χ3n) is 12.6. The number of fused-ring (bicyclic) bond motifs is 1. The van der Waals surface area contributed by atoms with Crippen molar-refractivity contribution in [3.8, 4) is 0 Å². The number of hydrogen-bond acceptors (Lipinski definition) is 8. The molecule has 2 heterocycles. The van der Waals surface area contributed by atoms with Gasteiger partial charge in [-0.15, -0.1) is 0 Å². The SMILES string of the molecule is CC(C)(C)OC(=O)N[C@@H](C(=O)N1CC2C(C1C(=O)NC(C)(C(=O)C(=O)N1CCC1C(=O)OCc1ccccc1)C1CCC1)C2(C)C)C1CCCCC1. The Balaban J connectivity index is 1.19. The van der Waals surface area contributed by atoms with Crippen molar-refractivity contribution in [2.75, 3.05) is 13.1 Å². The molecule has 6 rings (SSSR count). The third kappa shape index (κ3) is 7.44. The number of ether oxygens (including phenoxy) is 2. The van der Waals surface area contributed by atoms with Gasteiger partial charge in [0.1, 0.15) is 35.9 Å². The first-order valence-electron chi connectivity index (χ1n) is 19.2. The van der Waals surface area contributed by atoms with E-state index in [1.165, 1.54) is 4.90 Å². The number of amides is 4. The number of alkyl carbamates (subject to hydrolysis) is 1. The summed E-state index contributed by atoms with van der Waals surface area (Å²) < 4.78 is 11.0. The highest BCUT2D eigenvalue weighted by Gasteiger charge is 2.70. The lowest BCUT2D eigenvalue weighted by Gasteiger charge is -2.45. The van der Waals surface area contributed by atoms with Crippen molar-refractivity contribution in [3.05, 3.63) is 35.9 Å². The molecule has 5 aliphatic rings. The summed E-state index contributed by atoms with van der Waals surface area (Å²) in [7, 11) is 0. The van der Waals surface area contributed by atoms with E-state index >= 15 is 0 Å². The molecule has 1 aromatic carbocycles. The number of nitrogens with one attached hydrogen (secondary N) is 2. The van der Waals surface area contributed by atoms with Gasteiger partial charge in [0, 0.05) is 13.1 Å². The molecule has 1 aromatic rings. The summed E-state index contributed by atoms with van der Waals surface area (Å²) in [6.07, 6.45) is 6.42. The van der Waals surface area contributed by atoms with Crippen molar-refractivity contribution in [2.45, 2.75) is 135 Å². The van der Waals surface area contributed by atoms with Crippen molar-refractivity contribution < 1.29 is 38.2 Å². The molecule has 6 atom stereocenters. The molecule has 0 bridgehead atoms. The molecular weight excluding hydrogens is 664 g/mol. The average molecular weight is 721 g/mol. The van der Waals surface area contributed by atoms with E-state index in [1.807, 2.05) is 30.3 Å². The maximum absolute atomic E-state index is 14.6. The summed E-state index contributed by atoms with van der Waals surface area (Å²) in [5.74, 6) is -3.35. The summed E-state index contributed by atoms with van der Waals surface area (Å²) in [4.78, 5) is 86.0. The largest absolute Gasteiger partial charge is 0.459 e. The number of hydrogen-bond donors (Lipinski definition) is 2. The second kappa shape index (κ2) is 14.5. The second-order valence-corrected chi connectivity index (χ2v) is 17.5. The maximum Gasteiger partial charge on any atom is 0.408 e. The Kier molecular flexibility index (Phi) is 10.5. The van der Waals surface area contributed by atoms with Gasteiger partial charge >= 0.3 is 12.1 Å². The number of Topliss-reactive ketones (excluding diaryl/α,β-unsaturated/α-hetero) is 1. The van der Waals surface area contributed by atoms with E-state index in [9.17, 15) is 28.8 Å². The monoisotopic (exact) mass is 720 g/mol. The Morgan fingerprint density at radius 3 is 2.13 bits per heavy atom. The zero-order valence-electron chi connectivity index (χ0n) is 31.6. The van der Waals surface area contributed by atoms with Gasteiger partial charge in [0.05, 0.1) is 0 Å².